The Bertz CT molecular complexity index is 1490. The van der Waals surface area contributed by atoms with Crippen LogP contribution in [0.5, 0.6) is 0 Å². The second kappa shape index (κ2) is 16.4. The molecule has 55 heavy (non-hydrogen) atoms. The van der Waals surface area contributed by atoms with Crippen molar-refractivity contribution in [3.8, 4) is 0 Å². The van der Waals surface area contributed by atoms with Gasteiger partial charge < -0.3 is 35.2 Å². The lowest BCUT2D eigenvalue weighted by Gasteiger charge is -2.41. The van der Waals surface area contributed by atoms with Crippen LogP contribution in [0.4, 0.5) is 0 Å². The summed E-state index contributed by atoms with van der Waals surface area (Å²) < 4.78 is 19.0. The second-order valence-corrected chi connectivity index (χ2v) is 23.9. The predicted molar refractivity (Wildman–Crippen MR) is 211 cm³/mol. The number of nitrogens with zero attached hydrogens (tertiary/aromatic N) is 2. The maximum absolute atomic E-state index is 14.7. The molecule has 3 rings (SSSR count). The highest BCUT2D eigenvalue weighted by Gasteiger charge is 2.56. The lowest BCUT2D eigenvalue weighted by Crippen LogP contribution is -2.67. The van der Waals surface area contributed by atoms with Crippen LogP contribution in [0.3, 0.4) is 0 Å². The Morgan fingerprint density at radius 3 is 1.24 bits per heavy atom. The molecule has 3 fully saturated rings. The van der Waals surface area contributed by atoms with Crippen molar-refractivity contribution >= 4 is 43.8 Å². The first-order chi connectivity index (χ1) is 24.9. The van der Waals surface area contributed by atoms with Gasteiger partial charge in [0.25, 0.3) is 0 Å². The summed E-state index contributed by atoms with van der Waals surface area (Å²) in [7, 11) is -2.51. The summed E-state index contributed by atoms with van der Waals surface area (Å²) in [5.41, 5.74) is -2.56. The van der Waals surface area contributed by atoms with Gasteiger partial charge in [-0.1, -0.05) is 62.3 Å². The van der Waals surface area contributed by atoms with E-state index < -0.39 is 128 Å². The van der Waals surface area contributed by atoms with E-state index in [2.05, 4.69) is 42.0 Å². The molecular weight excluding hydrogens is 725 g/mol. The Morgan fingerprint density at radius 2 is 0.891 bits per heavy atom. The van der Waals surface area contributed by atoms with Gasteiger partial charge in [0, 0.05) is 0 Å². The van der Waals surface area contributed by atoms with Crippen molar-refractivity contribution in [2.75, 3.05) is 0 Å². The molecule has 0 saturated carbocycles. The standard InChI is InChI=1S/C39H70N6O9Si/c1-19(2)25-31(46)43-28(22(7)54-55(17,18)37(10,11)12)32(47)41-26(20(3)4)35(50)45-30(24(9)53-39(45,15)16)34(49)42-27(21(5)6)36(51)44-29(33(48)40-25)23(8)52-38(44,13)14/h19-30H,1-18H3,(H,40,48)(H,41,47)(H,42,49)(H,43,46)/t22-,23-,24-,25+,26+,27+,28-,29+,30+/m1/s1. The minimum Gasteiger partial charge on any atom is -0.412 e. The molecule has 3 aliphatic heterocycles. The molecule has 16 heteroatoms. The van der Waals surface area contributed by atoms with E-state index in [-0.39, 0.29) is 5.04 Å². The largest absolute Gasteiger partial charge is 0.412 e. The fraction of sp³-hybridized carbons (Fsp3) is 0.846. The first-order valence-corrected chi connectivity index (χ1v) is 22.7. The van der Waals surface area contributed by atoms with Gasteiger partial charge in [-0.3, -0.25) is 38.6 Å². The maximum atomic E-state index is 14.7. The first kappa shape index (κ1) is 46.3. The third-order valence-electron chi connectivity index (χ3n) is 11.6. The highest BCUT2D eigenvalue weighted by Crippen LogP contribution is 2.38. The van der Waals surface area contributed by atoms with Crippen LogP contribution in [-0.4, -0.2) is 120 Å². The SMILES string of the molecule is CC(C)[C@@H]1NC(=O)[C@@H]2[C@@H](C)OC(C)(C)N2C(=O)[C@H](C(C)C)NC(=O)[C@@H]2[C@@H](C)OC(C)(C)N2C(=O)[C@H](C(C)C)NC(=O)[C@@H]([C@@H](C)O[Si](C)(C)C(C)(C)C)NC1=O. The van der Waals surface area contributed by atoms with Crippen LogP contribution in [0.25, 0.3) is 0 Å². The van der Waals surface area contributed by atoms with E-state index in [1.54, 1.807) is 90.0 Å². The van der Waals surface area contributed by atoms with Crippen molar-refractivity contribution in [2.45, 2.75) is 195 Å². The van der Waals surface area contributed by atoms with Crippen molar-refractivity contribution in [3.05, 3.63) is 0 Å². The van der Waals surface area contributed by atoms with Crippen LogP contribution in [0.15, 0.2) is 0 Å². The van der Waals surface area contributed by atoms with Crippen LogP contribution in [0, 0.1) is 17.8 Å². The molecule has 3 heterocycles. The summed E-state index contributed by atoms with van der Waals surface area (Å²) in [5, 5.41) is 11.3. The smallest absolute Gasteiger partial charge is 0.248 e. The molecule has 4 N–H and O–H groups in total. The number of hydrogen-bond donors (Lipinski definition) is 4. The molecule has 0 aromatic carbocycles. The van der Waals surface area contributed by atoms with Gasteiger partial charge in [0.1, 0.15) is 47.7 Å². The van der Waals surface area contributed by atoms with E-state index in [0.29, 0.717) is 0 Å². The molecule has 0 aromatic heterocycles. The highest BCUT2D eigenvalue weighted by molar-refractivity contribution is 6.74. The summed E-state index contributed by atoms with van der Waals surface area (Å²) in [5.74, 6) is -5.03. The lowest BCUT2D eigenvalue weighted by atomic mass is 9.96. The first-order valence-electron chi connectivity index (χ1n) is 19.8. The number of amides is 6. The number of hydrogen-bond acceptors (Lipinski definition) is 9. The minimum atomic E-state index is -2.51. The average molecular weight is 795 g/mol. The molecule has 15 nitrogen and oxygen atoms in total. The lowest BCUT2D eigenvalue weighted by molar-refractivity contribution is -0.157. The average Bonchev–Trinajstić information content (AvgIpc) is 3.41. The van der Waals surface area contributed by atoms with Crippen molar-refractivity contribution in [1.29, 1.82) is 0 Å². The van der Waals surface area contributed by atoms with Crippen molar-refractivity contribution in [2.24, 2.45) is 17.8 Å². The number of carbonyl (C=O) groups excluding carboxylic acids is 6. The van der Waals surface area contributed by atoms with Gasteiger partial charge in [-0.15, -0.1) is 0 Å². The van der Waals surface area contributed by atoms with Crippen LogP contribution in [0.2, 0.25) is 18.1 Å². The van der Waals surface area contributed by atoms with Crippen molar-refractivity contribution in [3.63, 3.8) is 0 Å². The second-order valence-electron chi connectivity index (χ2n) is 19.1. The highest BCUT2D eigenvalue weighted by atomic mass is 28.4. The van der Waals surface area contributed by atoms with Crippen molar-refractivity contribution in [1.82, 2.24) is 31.1 Å². The summed E-state index contributed by atoms with van der Waals surface area (Å²) in [6.45, 7) is 32.6. The summed E-state index contributed by atoms with van der Waals surface area (Å²) in [6.07, 6.45) is -2.43. The molecule has 314 valence electrons. The molecule has 0 bridgehead atoms. The van der Waals surface area contributed by atoms with Gasteiger partial charge in [-0.05, 0) is 84.4 Å². The van der Waals surface area contributed by atoms with Gasteiger partial charge in [0.05, 0.1) is 18.3 Å². The molecule has 0 aliphatic carbocycles. The zero-order valence-electron chi connectivity index (χ0n) is 36.5. The van der Waals surface area contributed by atoms with E-state index in [9.17, 15) is 28.8 Å². The van der Waals surface area contributed by atoms with E-state index >= 15 is 0 Å². The predicted octanol–water partition coefficient (Wildman–Crippen LogP) is 3.02. The van der Waals surface area contributed by atoms with Crippen LogP contribution < -0.4 is 21.3 Å². The number of carbonyl (C=O) groups is 6. The Hall–Kier alpha value is -3.08. The number of ether oxygens (including phenoxy) is 2. The Morgan fingerprint density at radius 1 is 0.582 bits per heavy atom. The van der Waals surface area contributed by atoms with E-state index in [1.165, 1.54) is 9.80 Å². The molecule has 0 unspecified atom stereocenters. The third-order valence-corrected chi connectivity index (χ3v) is 16.2. The monoisotopic (exact) mass is 794 g/mol. The van der Waals surface area contributed by atoms with Gasteiger partial charge in [-0.25, -0.2) is 0 Å². The van der Waals surface area contributed by atoms with Crippen molar-refractivity contribution < 1.29 is 42.7 Å². The minimum absolute atomic E-state index is 0.235. The van der Waals surface area contributed by atoms with Gasteiger partial charge in [0.15, 0.2) is 8.32 Å². The quantitative estimate of drug-likeness (QED) is 0.294. The molecule has 0 radical (unpaired) electrons. The molecule has 9 atom stereocenters. The zero-order valence-corrected chi connectivity index (χ0v) is 37.5. The molecule has 0 spiro atoms. The summed E-state index contributed by atoms with van der Waals surface area (Å²) in [6, 6.07) is -7.06. The van der Waals surface area contributed by atoms with E-state index in [1.807, 2.05) is 13.1 Å². The molecule has 3 saturated heterocycles. The number of rotatable bonds is 6. The molecule has 0 aromatic rings. The van der Waals surface area contributed by atoms with E-state index in [4.69, 9.17) is 13.9 Å². The Kier molecular flexibility index (Phi) is 13.8. The fourth-order valence-corrected chi connectivity index (χ4v) is 9.06. The zero-order chi connectivity index (χ0) is 42.5. The van der Waals surface area contributed by atoms with Gasteiger partial charge in [-0.2, -0.15) is 0 Å². The Labute approximate surface area is 329 Å². The molecule has 6 amide bonds. The summed E-state index contributed by atoms with van der Waals surface area (Å²) in [4.78, 5) is 89.6. The van der Waals surface area contributed by atoms with Gasteiger partial charge in [0.2, 0.25) is 35.4 Å². The number of fused-ring (bicyclic) bond motifs is 2. The normalized spacial score (nSPS) is 32.1. The summed E-state index contributed by atoms with van der Waals surface area (Å²) >= 11 is 0. The number of nitrogens with one attached hydrogen (secondary N) is 4. The maximum Gasteiger partial charge on any atom is 0.248 e. The van der Waals surface area contributed by atoms with Crippen LogP contribution >= 0.6 is 0 Å². The Balaban J connectivity index is 2.28. The third kappa shape index (κ3) is 9.56. The van der Waals surface area contributed by atoms with E-state index in [0.717, 1.165) is 0 Å². The molecule has 3 aliphatic rings. The molecular formula is C39H70N6O9Si. The fourth-order valence-electron chi connectivity index (χ4n) is 7.64. The van der Waals surface area contributed by atoms with Crippen LogP contribution in [-0.2, 0) is 42.7 Å². The topological polar surface area (TPSA) is 185 Å². The van der Waals surface area contributed by atoms with Gasteiger partial charge >= 0.3 is 0 Å². The van der Waals surface area contributed by atoms with Crippen LogP contribution in [0.1, 0.15) is 111 Å².